The largest absolute Gasteiger partial charge is 0.245 e. The second-order valence-corrected chi connectivity index (χ2v) is 6.48. The van der Waals surface area contributed by atoms with Crippen molar-refractivity contribution in [2.24, 2.45) is 4.99 Å². The van der Waals surface area contributed by atoms with E-state index in [1.165, 1.54) is 0 Å². The Morgan fingerprint density at radius 2 is 2.05 bits per heavy atom. The van der Waals surface area contributed by atoms with Crippen LogP contribution in [0.2, 0.25) is 5.02 Å². The number of fused-ring (bicyclic) bond motifs is 1. The zero-order chi connectivity index (χ0) is 14.4. The molecule has 6 heteroatoms. The lowest BCUT2D eigenvalue weighted by Crippen LogP contribution is -2.33. The monoisotopic (exact) mass is 371 g/mol. The number of nitrogens with zero attached hydrogens (tertiary/aromatic N) is 3. The van der Waals surface area contributed by atoms with Gasteiger partial charge in [-0.2, -0.15) is 0 Å². The van der Waals surface area contributed by atoms with Gasteiger partial charge in [-0.05, 0) is 12.5 Å². The average molecular weight is 373 g/mol. The zero-order valence-electron chi connectivity index (χ0n) is 11.0. The second-order valence-electron chi connectivity index (χ2n) is 4.76. The maximum Gasteiger partial charge on any atom is 0.160 e. The van der Waals surface area contributed by atoms with Crippen molar-refractivity contribution in [2.45, 2.75) is 6.92 Å². The van der Waals surface area contributed by atoms with Crippen LogP contribution in [0, 0.1) is 6.92 Å². The number of halogens is 3. The third kappa shape index (κ3) is 2.21. The van der Waals surface area contributed by atoms with E-state index in [1.807, 2.05) is 48.3 Å². The summed E-state index contributed by atoms with van der Waals surface area (Å²) in [5, 5.41) is 5.19. The van der Waals surface area contributed by atoms with Gasteiger partial charge in [-0.15, -0.1) is 0 Å². The minimum Gasteiger partial charge on any atom is -0.245 e. The van der Waals surface area contributed by atoms with E-state index in [4.69, 9.17) is 23.2 Å². The lowest BCUT2D eigenvalue weighted by molar-refractivity contribution is 0.120. The highest BCUT2D eigenvalue weighted by atomic mass is 79.9. The summed E-state index contributed by atoms with van der Waals surface area (Å²) < 4.78 is 1.01. The summed E-state index contributed by atoms with van der Waals surface area (Å²) in [4.78, 5) is 4.69. The van der Waals surface area contributed by atoms with E-state index in [2.05, 4.69) is 20.9 Å². The number of allylic oxidation sites excluding steroid dienone is 1. The number of hydrogen-bond acceptors (Lipinski definition) is 3. The van der Waals surface area contributed by atoms with Crippen LogP contribution < -0.4 is 0 Å². The molecule has 20 heavy (non-hydrogen) atoms. The van der Waals surface area contributed by atoms with E-state index in [9.17, 15) is 0 Å². The van der Waals surface area contributed by atoms with E-state index >= 15 is 0 Å². The van der Waals surface area contributed by atoms with E-state index in [-0.39, 0.29) is 0 Å². The molecule has 3 rings (SSSR count). The topological polar surface area (TPSA) is 18.8 Å². The van der Waals surface area contributed by atoms with Crippen LogP contribution >= 0.6 is 39.1 Å². The van der Waals surface area contributed by atoms with Gasteiger partial charge in [-0.25, -0.2) is 15.0 Å². The predicted molar refractivity (Wildman–Crippen MR) is 87.1 cm³/mol. The number of hydrogen-bond donors (Lipinski definition) is 0. The summed E-state index contributed by atoms with van der Waals surface area (Å²) in [7, 11) is 1.96. The molecule has 1 aromatic rings. The van der Waals surface area contributed by atoms with Crippen molar-refractivity contribution >= 4 is 44.8 Å². The van der Waals surface area contributed by atoms with E-state index in [0.29, 0.717) is 10.2 Å². The van der Waals surface area contributed by atoms with E-state index in [0.717, 1.165) is 33.7 Å². The Balaban J connectivity index is 2.13. The molecule has 0 radical (unpaired) electrons. The second kappa shape index (κ2) is 5.19. The van der Waals surface area contributed by atoms with Crippen LogP contribution in [0.4, 0.5) is 0 Å². The smallest absolute Gasteiger partial charge is 0.160 e. The molecular formula is C14H12BrCl2N3. The van der Waals surface area contributed by atoms with Crippen molar-refractivity contribution < 1.29 is 0 Å². The zero-order valence-corrected chi connectivity index (χ0v) is 14.1. The number of aliphatic imine (C=N–C) groups is 1. The van der Waals surface area contributed by atoms with Crippen molar-refractivity contribution in [1.82, 2.24) is 10.0 Å². The summed E-state index contributed by atoms with van der Waals surface area (Å²) in [6.07, 6.45) is 1.84. The Morgan fingerprint density at radius 1 is 1.30 bits per heavy atom. The molecule has 1 aromatic carbocycles. The highest BCUT2D eigenvalue weighted by Crippen LogP contribution is 2.36. The average Bonchev–Trinajstić information content (AvgIpc) is 2.68. The van der Waals surface area contributed by atoms with Crippen molar-refractivity contribution in [3.63, 3.8) is 0 Å². The van der Waals surface area contributed by atoms with Gasteiger partial charge in [0, 0.05) is 18.7 Å². The van der Waals surface area contributed by atoms with Gasteiger partial charge >= 0.3 is 0 Å². The van der Waals surface area contributed by atoms with Crippen LogP contribution in [-0.4, -0.2) is 29.3 Å². The number of benzene rings is 1. The summed E-state index contributed by atoms with van der Waals surface area (Å²) in [6, 6.07) is 5.90. The highest BCUT2D eigenvalue weighted by Gasteiger charge is 2.31. The first-order valence-corrected chi connectivity index (χ1v) is 7.65. The summed E-state index contributed by atoms with van der Waals surface area (Å²) in [5.41, 5.74) is 2.70. The van der Waals surface area contributed by atoms with Gasteiger partial charge in [0.2, 0.25) is 0 Å². The van der Waals surface area contributed by atoms with E-state index < -0.39 is 0 Å². The van der Waals surface area contributed by atoms with Gasteiger partial charge in [0.05, 0.1) is 21.8 Å². The van der Waals surface area contributed by atoms with Crippen molar-refractivity contribution in [1.29, 1.82) is 0 Å². The quantitative estimate of drug-likeness (QED) is 0.686. The SMILES string of the molecule is Cc1cccc(C2=NC3=C(Br)CN(C)N3C(Cl)=C2)c1Cl. The van der Waals surface area contributed by atoms with Crippen LogP contribution in [0.25, 0.3) is 0 Å². The number of rotatable bonds is 1. The lowest BCUT2D eigenvalue weighted by atomic mass is 10.1. The van der Waals surface area contributed by atoms with Gasteiger partial charge in [0.1, 0.15) is 5.16 Å². The molecular weight excluding hydrogens is 361 g/mol. The lowest BCUT2D eigenvalue weighted by Gasteiger charge is -2.29. The first kappa shape index (κ1) is 14.1. The third-order valence-electron chi connectivity index (χ3n) is 3.30. The van der Waals surface area contributed by atoms with Crippen LogP contribution in [0.3, 0.4) is 0 Å². The molecule has 3 nitrogen and oxygen atoms in total. The molecule has 104 valence electrons. The third-order valence-corrected chi connectivity index (χ3v) is 4.68. The van der Waals surface area contributed by atoms with Crippen LogP contribution in [0.1, 0.15) is 11.1 Å². The maximum atomic E-state index is 6.38. The van der Waals surface area contributed by atoms with Crippen LogP contribution in [0.15, 0.2) is 44.7 Å². The molecule has 0 aromatic heterocycles. The number of aryl methyl sites for hydroxylation is 1. The molecule has 0 N–H and O–H groups in total. The molecule has 2 aliphatic heterocycles. The predicted octanol–water partition coefficient (Wildman–Crippen LogP) is 4.26. The van der Waals surface area contributed by atoms with Gasteiger partial charge < -0.3 is 0 Å². The Hall–Kier alpha value is -0.810. The maximum absolute atomic E-state index is 6.38. The summed E-state index contributed by atoms with van der Waals surface area (Å²) in [6.45, 7) is 2.73. The Morgan fingerprint density at radius 3 is 2.80 bits per heavy atom. The molecule has 2 heterocycles. The molecule has 0 atom stereocenters. The standard InChI is InChI=1S/C14H12BrCl2N3/c1-8-4-3-5-9(13(8)17)11-6-12(16)20-14(18-11)10(15)7-19(20)2/h3-6H,7H2,1-2H3. The van der Waals surface area contributed by atoms with Crippen LogP contribution in [0.5, 0.6) is 0 Å². The number of hydrazine groups is 1. The molecule has 2 aliphatic rings. The number of likely N-dealkylation sites (N-methyl/N-ethyl adjacent to an activating group) is 1. The van der Waals surface area contributed by atoms with Crippen LogP contribution in [-0.2, 0) is 0 Å². The van der Waals surface area contributed by atoms with Crippen molar-refractivity contribution in [2.75, 3.05) is 13.6 Å². The molecule has 0 saturated heterocycles. The first-order chi connectivity index (χ1) is 9.49. The fraction of sp³-hybridized carbons (Fsp3) is 0.214. The van der Waals surface area contributed by atoms with Gasteiger partial charge in [-0.1, -0.05) is 57.3 Å². The minimum atomic E-state index is 0.611. The molecule has 0 spiro atoms. The Labute approximate surface area is 136 Å². The molecule has 0 amide bonds. The van der Waals surface area contributed by atoms with Crippen molar-refractivity contribution in [3.05, 3.63) is 55.9 Å². The van der Waals surface area contributed by atoms with Gasteiger partial charge in [0.15, 0.2) is 5.82 Å². The Bertz CT molecular complexity index is 679. The fourth-order valence-corrected chi connectivity index (χ4v) is 3.45. The van der Waals surface area contributed by atoms with E-state index in [1.54, 1.807) is 0 Å². The molecule has 0 unspecified atom stereocenters. The minimum absolute atomic E-state index is 0.611. The summed E-state index contributed by atoms with van der Waals surface area (Å²) >= 11 is 16.3. The Kier molecular flexibility index (Phi) is 3.67. The molecule has 0 fully saturated rings. The molecule has 0 aliphatic carbocycles. The normalized spacial score (nSPS) is 19.1. The highest BCUT2D eigenvalue weighted by molar-refractivity contribution is 9.11. The molecule has 0 bridgehead atoms. The summed E-state index contributed by atoms with van der Waals surface area (Å²) in [5.74, 6) is 0.813. The first-order valence-electron chi connectivity index (χ1n) is 6.10. The van der Waals surface area contributed by atoms with Gasteiger partial charge in [0.25, 0.3) is 0 Å². The molecule has 0 saturated carbocycles. The van der Waals surface area contributed by atoms with Gasteiger partial charge in [-0.3, -0.25) is 0 Å². The fourth-order valence-electron chi connectivity index (χ4n) is 2.29. The van der Waals surface area contributed by atoms with Crippen molar-refractivity contribution in [3.8, 4) is 0 Å².